The maximum atomic E-state index is 13.3. The van der Waals surface area contributed by atoms with Gasteiger partial charge < -0.3 is 10.0 Å². The Kier molecular flexibility index (Phi) is 4.58. The number of nitrogens with zero attached hydrogens (tertiary/aromatic N) is 1. The Labute approximate surface area is 121 Å². The first-order valence-electron chi connectivity index (χ1n) is 6.02. The van der Waals surface area contributed by atoms with E-state index in [1.807, 2.05) is 18.2 Å². The van der Waals surface area contributed by atoms with Crippen molar-refractivity contribution in [2.24, 2.45) is 0 Å². The molecule has 0 bridgehead atoms. The predicted octanol–water partition coefficient (Wildman–Crippen LogP) is 3.57. The van der Waals surface area contributed by atoms with Crippen molar-refractivity contribution < 1.29 is 14.3 Å². The van der Waals surface area contributed by atoms with Crippen LogP contribution in [0.4, 0.5) is 10.1 Å². The zero-order valence-electron chi connectivity index (χ0n) is 10.6. The van der Waals surface area contributed by atoms with Crippen molar-refractivity contribution in [1.29, 1.82) is 0 Å². The molecule has 0 aliphatic rings. The molecule has 0 saturated carbocycles. The normalized spacial score (nSPS) is 10.3. The molecule has 0 radical (unpaired) electrons. The number of para-hydroxylation sites is 1. The minimum atomic E-state index is -0.957. The van der Waals surface area contributed by atoms with Gasteiger partial charge in [0.25, 0.3) is 0 Å². The summed E-state index contributed by atoms with van der Waals surface area (Å²) in [6.45, 7) is 0.0454. The van der Waals surface area contributed by atoms with Gasteiger partial charge in [0.15, 0.2) is 0 Å². The molecule has 0 aliphatic heterocycles. The van der Waals surface area contributed by atoms with E-state index in [2.05, 4.69) is 0 Å². The van der Waals surface area contributed by atoms with Gasteiger partial charge in [-0.2, -0.15) is 0 Å². The molecule has 2 aromatic carbocycles. The first-order valence-corrected chi connectivity index (χ1v) is 6.40. The molecule has 0 atom stereocenters. The highest BCUT2D eigenvalue weighted by Gasteiger charge is 2.13. The molecule has 2 aromatic rings. The number of halogens is 2. The maximum Gasteiger partial charge on any atom is 0.323 e. The average molecular weight is 294 g/mol. The lowest BCUT2D eigenvalue weighted by atomic mass is 10.2. The Hall–Kier alpha value is -2.07. The van der Waals surface area contributed by atoms with E-state index in [1.165, 1.54) is 18.2 Å². The molecule has 0 heterocycles. The van der Waals surface area contributed by atoms with E-state index in [0.29, 0.717) is 10.6 Å². The topological polar surface area (TPSA) is 40.5 Å². The number of carboxylic acids is 1. The number of hydrogen-bond donors (Lipinski definition) is 1. The lowest BCUT2D eigenvalue weighted by molar-refractivity contribution is -0.135. The molecule has 5 heteroatoms. The van der Waals surface area contributed by atoms with Gasteiger partial charge in [-0.25, -0.2) is 4.39 Å². The SMILES string of the molecule is O=C(O)CN(Cc1cc(F)ccc1Cl)c1ccccc1. The van der Waals surface area contributed by atoms with Crippen molar-refractivity contribution in [3.05, 3.63) is 64.9 Å². The van der Waals surface area contributed by atoms with E-state index in [0.717, 1.165) is 5.69 Å². The van der Waals surface area contributed by atoms with Gasteiger partial charge >= 0.3 is 5.97 Å². The highest BCUT2D eigenvalue weighted by atomic mass is 35.5. The second kappa shape index (κ2) is 6.39. The highest BCUT2D eigenvalue weighted by Crippen LogP contribution is 2.22. The molecule has 20 heavy (non-hydrogen) atoms. The van der Waals surface area contributed by atoms with Gasteiger partial charge in [-0.3, -0.25) is 4.79 Å². The van der Waals surface area contributed by atoms with Crippen molar-refractivity contribution in [2.45, 2.75) is 6.54 Å². The van der Waals surface area contributed by atoms with Crippen molar-refractivity contribution in [2.75, 3.05) is 11.4 Å². The number of carbonyl (C=O) groups is 1. The Balaban J connectivity index is 2.28. The van der Waals surface area contributed by atoms with Crippen molar-refractivity contribution in [3.63, 3.8) is 0 Å². The molecule has 0 unspecified atom stereocenters. The van der Waals surface area contributed by atoms with E-state index >= 15 is 0 Å². The van der Waals surface area contributed by atoms with Crippen LogP contribution in [0.3, 0.4) is 0 Å². The largest absolute Gasteiger partial charge is 0.480 e. The molecule has 0 fully saturated rings. The Bertz CT molecular complexity index is 604. The molecule has 0 amide bonds. The molecule has 104 valence electrons. The van der Waals surface area contributed by atoms with E-state index in [9.17, 15) is 9.18 Å². The number of hydrogen-bond acceptors (Lipinski definition) is 2. The highest BCUT2D eigenvalue weighted by molar-refractivity contribution is 6.31. The fourth-order valence-corrected chi connectivity index (χ4v) is 2.09. The van der Waals surface area contributed by atoms with Crippen molar-refractivity contribution >= 4 is 23.3 Å². The Morgan fingerprint density at radius 1 is 1.20 bits per heavy atom. The summed E-state index contributed by atoms with van der Waals surface area (Å²) in [4.78, 5) is 12.6. The van der Waals surface area contributed by atoms with Gasteiger partial charge in [0, 0.05) is 17.3 Å². The summed E-state index contributed by atoms with van der Waals surface area (Å²) in [6, 6.07) is 13.1. The van der Waals surface area contributed by atoms with Gasteiger partial charge in [0.05, 0.1) is 0 Å². The quantitative estimate of drug-likeness (QED) is 0.916. The van der Waals surface area contributed by atoms with Crippen LogP contribution in [0.2, 0.25) is 5.02 Å². The predicted molar refractivity (Wildman–Crippen MR) is 76.5 cm³/mol. The van der Waals surface area contributed by atoms with Crippen LogP contribution < -0.4 is 4.90 Å². The zero-order chi connectivity index (χ0) is 14.5. The molecule has 2 rings (SSSR count). The molecular formula is C15H13ClFNO2. The summed E-state index contributed by atoms with van der Waals surface area (Å²) in [6.07, 6.45) is 0. The van der Waals surface area contributed by atoms with E-state index in [4.69, 9.17) is 16.7 Å². The van der Waals surface area contributed by atoms with E-state index < -0.39 is 11.8 Å². The minimum Gasteiger partial charge on any atom is -0.480 e. The summed E-state index contributed by atoms with van der Waals surface area (Å²) >= 11 is 6.02. The summed E-state index contributed by atoms with van der Waals surface area (Å²) in [5.41, 5.74) is 1.30. The second-order valence-electron chi connectivity index (χ2n) is 4.32. The third-order valence-corrected chi connectivity index (χ3v) is 3.19. The minimum absolute atomic E-state index is 0.184. The molecular weight excluding hydrogens is 281 g/mol. The van der Waals surface area contributed by atoms with Gasteiger partial charge in [0.2, 0.25) is 0 Å². The summed E-state index contributed by atoms with van der Waals surface area (Å²) in [5.74, 6) is -1.35. The first-order chi connectivity index (χ1) is 9.56. The van der Waals surface area contributed by atoms with Crippen LogP contribution in [-0.2, 0) is 11.3 Å². The molecule has 0 aliphatic carbocycles. The molecule has 1 N–H and O–H groups in total. The molecule has 0 aromatic heterocycles. The van der Waals surface area contributed by atoms with Crippen molar-refractivity contribution in [1.82, 2.24) is 0 Å². The lowest BCUT2D eigenvalue weighted by Crippen LogP contribution is -2.29. The van der Waals surface area contributed by atoms with Crippen LogP contribution >= 0.6 is 11.6 Å². The van der Waals surface area contributed by atoms with Crippen LogP contribution in [0.15, 0.2) is 48.5 Å². The van der Waals surface area contributed by atoms with Crippen LogP contribution in [0, 0.1) is 5.82 Å². The van der Waals surface area contributed by atoms with Gasteiger partial charge in [-0.1, -0.05) is 29.8 Å². The lowest BCUT2D eigenvalue weighted by Gasteiger charge is -2.23. The van der Waals surface area contributed by atoms with Gasteiger partial charge in [-0.05, 0) is 35.9 Å². The monoisotopic (exact) mass is 293 g/mol. The average Bonchev–Trinajstić information content (AvgIpc) is 2.42. The summed E-state index contributed by atoms with van der Waals surface area (Å²) < 4.78 is 13.3. The van der Waals surface area contributed by atoms with Gasteiger partial charge in [-0.15, -0.1) is 0 Å². The fraction of sp³-hybridized carbons (Fsp3) is 0.133. The van der Waals surface area contributed by atoms with Crippen LogP contribution in [0.25, 0.3) is 0 Å². The molecule has 0 saturated heterocycles. The third kappa shape index (κ3) is 3.71. The van der Waals surface area contributed by atoms with Crippen LogP contribution in [0.5, 0.6) is 0 Å². The summed E-state index contributed by atoms with van der Waals surface area (Å²) in [7, 11) is 0. The third-order valence-electron chi connectivity index (χ3n) is 2.82. The Morgan fingerprint density at radius 3 is 2.55 bits per heavy atom. The molecule has 0 spiro atoms. The van der Waals surface area contributed by atoms with E-state index in [-0.39, 0.29) is 13.1 Å². The number of anilines is 1. The number of benzene rings is 2. The zero-order valence-corrected chi connectivity index (χ0v) is 11.3. The summed E-state index contributed by atoms with van der Waals surface area (Å²) in [5, 5.41) is 9.41. The molecule has 3 nitrogen and oxygen atoms in total. The smallest absolute Gasteiger partial charge is 0.323 e. The second-order valence-corrected chi connectivity index (χ2v) is 4.73. The standard InChI is InChI=1S/C15H13ClFNO2/c16-14-7-6-12(17)8-11(14)9-18(10-15(19)20)13-4-2-1-3-5-13/h1-8H,9-10H2,(H,19,20). The van der Waals surface area contributed by atoms with Crippen LogP contribution in [-0.4, -0.2) is 17.6 Å². The van der Waals surface area contributed by atoms with Crippen molar-refractivity contribution in [3.8, 4) is 0 Å². The van der Waals surface area contributed by atoms with E-state index in [1.54, 1.807) is 17.0 Å². The fourth-order valence-electron chi connectivity index (χ4n) is 1.91. The number of aliphatic carboxylic acids is 1. The van der Waals surface area contributed by atoms with Crippen LogP contribution in [0.1, 0.15) is 5.56 Å². The van der Waals surface area contributed by atoms with Gasteiger partial charge in [0.1, 0.15) is 12.4 Å². The number of carboxylic acid groups (broad SMARTS) is 1. The number of rotatable bonds is 5. The first kappa shape index (κ1) is 14.3. The maximum absolute atomic E-state index is 13.3. The Morgan fingerprint density at radius 2 is 1.90 bits per heavy atom.